The van der Waals surface area contributed by atoms with E-state index in [1.807, 2.05) is 12.1 Å². The van der Waals surface area contributed by atoms with E-state index >= 15 is 0 Å². The molecule has 0 amide bonds. The van der Waals surface area contributed by atoms with Crippen molar-refractivity contribution in [2.24, 2.45) is 0 Å². The van der Waals surface area contributed by atoms with Crippen molar-refractivity contribution in [3.8, 4) is 11.5 Å². The molecule has 1 aromatic carbocycles. The molecule has 0 saturated carbocycles. The number of hydrogen-bond acceptors (Lipinski definition) is 4. The number of aliphatic hydroxyl groups excluding tert-OH is 1. The Kier molecular flexibility index (Phi) is 3.14. The van der Waals surface area contributed by atoms with Gasteiger partial charge in [0.25, 0.3) is 0 Å². The zero-order valence-electron chi connectivity index (χ0n) is 8.29. The van der Waals surface area contributed by atoms with Crippen LogP contribution in [0, 0.1) is 0 Å². The van der Waals surface area contributed by atoms with E-state index < -0.39 is 6.10 Å². The van der Waals surface area contributed by atoms with Crippen LogP contribution < -0.4 is 14.8 Å². The van der Waals surface area contributed by atoms with Crippen molar-refractivity contribution >= 4 is 15.9 Å². The van der Waals surface area contributed by atoms with Crippen LogP contribution in [0.25, 0.3) is 0 Å². The molecule has 15 heavy (non-hydrogen) atoms. The van der Waals surface area contributed by atoms with E-state index in [9.17, 15) is 5.11 Å². The SMILES string of the molecule is CNCC(O)c1ccc(Br)c2c1OCO2. The predicted molar refractivity (Wildman–Crippen MR) is 59.2 cm³/mol. The molecule has 1 aliphatic rings. The van der Waals surface area contributed by atoms with Crippen molar-refractivity contribution in [2.75, 3.05) is 20.4 Å². The molecule has 1 unspecified atom stereocenters. The topological polar surface area (TPSA) is 50.7 Å². The van der Waals surface area contributed by atoms with Crippen LogP contribution in [0.3, 0.4) is 0 Å². The first-order valence-electron chi connectivity index (χ1n) is 4.64. The summed E-state index contributed by atoms with van der Waals surface area (Å²) >= 11 is 3.37. The molecule has 0 fully saturated rings. The van der Waals surface area contributed by atoms with Crippen molar-refractivity contribution in [1.82, 2.24) is 5.32 Å². The fourth-order valence-corrected chi connectivity index (χ4v) is 1.98. The molecule has 2 N–H and O–H groups in total. The molecule has 2 rings (SSSR count). The van der Waals surface area contributed by atoms with E-state index in [-0.39, 0.29) is 6.79 Å². The van der Waals surface area contributed by atoms with E-state index in [0.717, 1.165) is 10.0 Å². The third-order valence-corrected chi connectivity index (χ3v) is 2.88. The van der Waals surface area contributed by atoms with Gasteiger partial charge < -0.3 is 19.9 Å². The molecule has 82 valence electrons. The van der Waals surface area contributed by atoms with Gasteiger partial charge in [0.2, 0.25) is 6.79 Å². The van der Waals surface area contributed by atoms with Gasteiger partial charge in [-0.3, -0.25) is 0 Å². The second-order valence-corrected chi connectivity index (χ2v) is 4.13. The molecule has 1 heterocycles. The number of halogens is 1. The van der Waals surface area contributed by atoms with Gasteiger partial charge in [-0.15, -0.1) is 0 Å². The summed E-state index contributed by atoms with van der Waals surface area (Å²) in [5.41, 5.74) is 0.750. The summed E-state index contributed by atoms with van der Waals surface area (Å²) in [6.07, 6.45) is -0.585. The van der Waals surface area contributed by atoms with Gasteiger partial charge in [-0.1, -0.05) is 6.07 Å². The van der Waals surface area contributed by atoms with Crippen LogP contribution in [0.5, 0.6) is 11.5 Å². The Labute approximate surface area is 96.3 Å². The van der Waals surface area contributed by atoms with Gasteiger partial charge in [0, 0.05) is 12.1 Å². The number of nitrogens with one attached hydrogen (secondary N) is 1. The first-order chi connectivity index (χ1) is 7.24. The molecule has 0 spiro atoms. The Hall–Kier alpha value is -0.780. The van der Waals surface area contributed by atoms with Crippen LogP contribution in [0.1, 0.15) is 11.7 Å². The molecule has 0 aromatic heterocycles. The van der Waals surface area contributed by atoms with Crippen LogP contribution in [-0.4, -0.2) is 25.5 Å². The second-order valence-electron chi connectivity index (χ2n) is 3.27. The Bertz CT molecular complexity index is 370. The normalized spacial score (nSPS) is 15.4. The summed E-state index contributed by atoms with van der Waals surface area (Å²) in [6.45, 7) is 0.689. The molecule has 0 bridgehead atoms. The highest BCUT2D eigenvalue weighted by Crippen LogP contribution is 2.43. The monoisotopic (exact) mass is 273 g/mol. The molecule has 1 atom stereocenters. The largest absolute Gasteiger partial charge is 0.453 e. The van der Waals surface area contributed by atoms with Gasteiger partial charge in [-0.2, -0.15) is 0 Å². The van der Waals surface area contributed by atoms with Crippen molar-refractivity contribution in [1.29, 1.82) is 0 Å². The average Bonchev–Trinajstić information content (AvgIpc) is 2.68. The second kappa shape index (κ2) is 4.38. The Morgan fingerprint density at radius 3 is 2.93 bits per heavy atom. The standard InChI is InChI=1S/C10H12BrNO3/c1-12-4-8(13)6-2-3-7(11)10-9(6)14-5-15-10/h2-3,8,12-13H,4-5H2,1H3. The highest BCUT2D eigenvalue weighted by atomic mass is 79.9. The molecule has 1 aliphatic heterocycles. The van der Waals surface area contributed by atoms with E-state index in [1.165, 1.54) is 0 Å². The van der Waals surface area contributed by atoms with Crippen LogP contribution in [0.2, 0.25) is 0 Å². The maximum atomic E-state index is 9.86. The molecule has 0 saturated heterocycles. The molecule has 0 radical (unpaired) electrons. The predicted octanol–water partition coefficient (Wildman–Crippen LogP) is 1.43. The minimum atomic E-state index is -0.585. The van der Waals surface area contributed by atoms with E-state index in [4.69, 9.17) is 9.47 Å². The molecular formula is C10H12BrNO3. The Balaban J connectivity index is 2.37. The third-order valence-electron chi connectivity index (χ3n) is 2.26. The molecular weight excluding hydrogens is 262 g/mol. The quantitative estimate of drug-likeness (QED) is 0.875. The van der Waals surface area contributed by atoms with Crippen LogP contribution in [0.15, 0.2) is 16.6 Å². The van der Waals surface area contributed by atoms with Crippen LogP contribution >= 0.6 is 15.9 Å². The van der Waals surface area contributed by atoms with Gasteiger partial charge in [-0.05, 0) is 29.0 Å². The number of fused-ring (bicyclic) bond motifs is 1. The highest BCUT2D eigenvalue weighted by molar-refractivity contribution is 9.10. The minimum Gasteiger partial charge on any atom is -0.453 e. The first kappa shape index (κ1) is 10.7. The Morgan fingerprint density at radius 1 is 1.47 bits per heavy atom. The third kappa shape index (κ3) is 1.95. The van der Waals surface area contributed by atoms with E-state index in [1.54, 1.807) is 7.05 Å². The summed E-state index contributed by atoms with van der Waals surface area (Å²) in [4.78, 5) is 0. The van der Waals surface area contributed by atoms with Gasteiger partial charge >= 0.3 is 0 Å². The summed E-state index contributed by atoms with van der Waals surface area (Å²) in [5, 5.41) is 12.8. The number of hydrogen-bond donors (Lipinski definition) is 2. The molecule has 1 aromatic rings. The first-order valence-corrected chi connectivity index (χ1v) is 5.44. The van der Waals surface area contributed by atoms with Crippen molar-refractivity contribution in [2.45, 2.75) is 6.10 Å². The van der Waals surface area contributed by atoms with Crippen LogP contribution in [0.4, 0.5) is 0 Å². The maximum Gasteiger partial charge on any atom is 0.231 e. The van der Waals surface area contributed by atoms with Gasteiger partial charge in [0.1, 0.15) is 0 Å². The zero-order chi connectivity index (χ0) is 10.8. The average molecular weight is 274 g/mol. The lowest BCUT2D eigenvalue weighted by Crippen LogP contribution is -2.17. The number of rotatable bonds is 3. The van der Waals surface area contributed by atoms with Crippen molar-refractivity contribution in [3.05, 3.63) is 22.2 Å². The fraction of sp³-hybridized carbons (Fsp3) is 0.400. The molecule has 4 nitrogen and oxygen atoms in total. The number of likely N-dealkylation sites (N-methyl/N-ethyl adjacent to an activating group) is 1. The Morgan fingerprint density at radius 2 is 2.20 bits per heavy atom. The van der Waals surface area contributed by atoms with Crippen molar-refractivity contribution < 1.29 is 14.6 Å². The van der Waals surface area contributed by atoms with E-state index in [0.29, 0.717) is 18.0 Å². The molecule has 5 heteroatoms. The lowest BCUT2D eigenvalue weighted by molar-refractivity contribution is 0.157. The summed E-state index contributed by atoms with van der Waals surface area (Å²) in [7, 11) is 1.79. The summed E-state index contributed by atoms with van der Waals surface area (Å²) in [6, 6.07) is 3.68. The van der Waals surface area contributed by atoms with Gasteiger partial charge in [-0.25, -0.2) is 0 Å². The maximum absolute atomic E-state index is 9.86. The van der Waals surface area contributed by atoms with Gasteiger partial charge in [0.15, 0.2) is 11.5 Å². The number of aliphatic hydroxyl groups is 1. The summed E-state index contributed by atoms with van der Waals surface area (Å²) < 4.78 is 11.5. The van der Waals surface area contributed by atoms with Gasteiger partial charge in [0.05, 0.1) is 10.6 Å². The highest BCUT2D eigenvalue weighted by Gasteiger charge is 2.24. The number of benzene rings is 1. The van der Waals surface area contributed by atoms with Crippen molar-refractivity contribution in [3.63, 3.8) is 0 Å². The lowest BCUT2D eigenvalue weighted by atomic mass is 10.1. The molecule has 0 aliphatic carbocycles. The smallest absolute Gasteiger partial charge is 0.231 e. The lowest BCUT2D eigenvalue weighted by Gasteiger charge is -2.13. The van der Waals surface area contributed by atoms with Crippen LogP contribution in [-0.2, 0) is 0 Å². The summed E-state index contributed by atoms with van der Waals surface area (Å²) in [5.74, 6) is 1.30. The fourth-order valence-electron chi connectivity index (χ4n) is 1.55. The van der Waals surface area contributed by atoms with E-state index in [2.05, 4.69) is 21.2 Å². The number of ether oxygens (including phenoxy) is 2. The zero-order valence-corrected chi connectivity index (χ0v) is 9.87. The minimum absolute atomic E-state index is 0.206.